The van der Waals surface area contributed by atoms with Gasteiger partial charge in [0, 0.05) is 23.7 Å². The van der Waals surface area contributed by atoms with Gasteiger partial charge in [0.15, 0.2) is 0 Å². The first-order chi connectivity index (χ1) is 10.1. The van der Waals surface area contributed by atoms with Gasteiger partial charge in [0.05, 0.1) is 0 Å². The maximum atomic E-state index is 12.1. The predicted octanol–water partition coefficient (Wildman–Crippen LogP) is 3.44. The summed E-state index contributed by atoms with van der Waals surface area (Å²) in [7, 11) is 0. The number of para-hydroxylation sites is 1. The van der Waals surface area contributed by atoms with E-state index in [1.54, 1.807) is 0 Å². The van der Waals surface area contributed by atoms with Gasteiger partial charge in [0.1, 0.15) is 0 Å². The molecule has 112 valence electrons. The molecule has 3 heteroatoms. The number of benzene rings is 1. The van der Waals surface area contributed by atoms with E-state index in [1.807, 2.05) is 30.3 Å². The first kappa shape index (κ1) is 14.3. The van der Waals surface area contributed by atoms with Crippen LogP contribution in [0.1, 0.15) is 38.7 Å². The minimum absolute atomic E-state index is 0.0260. The molecule has 2 N–H and O–H groups in total. The Kier molecular flexibility index (Phi) is 4.11. The summed E-state index contributed by atoms with van der Waals surface area (Å²) >= 11 is 0. The summed E-state index contributed by atoms with van der Waals surface area (Å²) < 4.78 is 0. The van der Waals surface area contributed by atoms with E-state index in [4.69, 9.17) is 0 Å². The van der Waals surface area contributed by atoms with Crippen molar-refractivity contribution in [1.29, 1.82) is 0 Å². The van der Waals surface area contributed by atoms with Gasteiger partial charge in [-0.3, -0.25) is 4.79 Å². The average molecular weight is 284 g/mol. The molecule has 0 saturated heterocycles. The van der Waals surface area contributed by atoms with Crippen LogP contribution in [0, 0.1) is 11.8 Å². The van der Waals surface area contributed by atoms with Crippen LogP contribution < -0.4 is 10.9 Å². The Labute approximate surface area is 125 Å². The smallest absolute Gasteiger partial charge is 0.252 e. The lowest BCUT2D eigenvalue weighted by Gasteiger charge is -2.32. The van der Waals surface area contributed by atoms with Crippen LogP contribution in [0.3, 0.4) is 0 Å². The van der Waals surface area contributed by atoms with Crippen LogP contribution in [0.15, 0.2) is 35.1 Å². The number of fused-ring (bicyclic) bond motifs is 1. The second-order valence-electron chi connectivity index (χ2n) is 6.71. The number of nitrogens with one attached hydrogen (secondary N) is 2. The van der Waals surface area contributed by atoms with E-state index in [9.17, 15) is 4.79 Å². The molecular formula is C18H24N2O. The zero-order valence-corrected chi connectivity index (χ0v) is 12.9. The molecule has 1 fully saturated rings. The number of rotatable bonds is 3. The maximum absolute atomic E-state index is 12.1. The summed E-state index contributed by atoms with van der Waals surface area (Å²) in [5.74, 6) is 1.56. The van der Waals surface area contributed by atoms with Crippen molar-refractivity contribution >= 4 is 10.9 Å². The Morgan fingerprint density at radius 3 is 2.62 bits per heavy atom. The lowest BCUT2D eigenvalue weighted by Crippen LogP contribution is -2.37. The fourth-order valence-electron chi connectivity index (χ4n) is 3.69. The minimum atomic E-state index is 0.0260. The van der Waals surface area contributed by atoms with E-state index in [-0.39, 0.29) is 5.56 Å². The van der Waals surface area contributed by atoms with Crippen molar-refractivity contribution in [3.8, 4) is 0 Å². The number of pyridine rings is 1. The van der Waals surface area contributed by atoms with E-state index in [2.05, 4.69) is 24.1 Å². The van der Waals surface area contributed by atoms with Crippen LogP contribution >= 0.6 is 0 Å². The Hall–Kier alpha value is -1.61. The SMILES string of the molecule is CC1CC(C)CC(NCc2cc3ccccc3[nH]c2=O)C1. The highest BCUT2D eigenvalue weighted by Crippen LogP contribution is 2.28. The predicted molar refractivity (Wildman–Crippen MR) is 87.4 cm³/mol. The van der Waals surface area contributed by atoms with Crippen LogP contribution in [0.2, 0.25) is 0 Å². The van der Waals surface area contributed by atoms with Gasteiger partial charge in [-0.15, -0.1) is 0 Å². The third kappa shape index (κ3) is 3.35. The fraction of sp³-hybridized carbons (Fsp3) is 0.500. The van der Waals surface area contributed by atoms with Gasteiger partial charge in [0.25, 0.3) is 5.56 Å². The molecule has 1 aliphatic carbocycles. The summed E-state index contributed by atoms with van der Waals surface area (Å²) in [6, 6.07) is 10.5. The Bertz CT molecular complexity index is 666. The Morgan fingerprint density at radius 1 is 1.14 bits per heavy atom. The molecule has 0 spiro atoms. The lowest BCUT2D eigenvalue weighted by atomic mass is 9.80. The lowest BCUT2D eigenvalue weighted by molar-refractivity contribution is 0.238. The molecule has 0 aliphatic heterocycles. The van der Waals surface area contributed by atoms with E-state index in [1.165, 1.54) is 19.3 Å². The molecule has 3 nitrogen and oxygen atoms in total. The average Bonchev–Trinajstić information content (AvgIpc) is 2.44. The van der Waals surface area contributed by atoms with Crippen LogP contribution in [0.4, 0.5) is 0 Å². The van der Waals surface area contributed by atoms with Crippen molar-refractivity contribution in [2.75, 3.05) is 0 Å². The van der Waals surface area contributed by atoms with Gasteiger partial charge < -0.3 is 10.3 Å². The second-order valence-corrected chi connectivity index (χ2v) is 6.71. The van der Waals surface area contributed by atoms with E-state index < -0.39 is 0 Å². The fourth-order valence-corrected chi connectivity index (χ4v) is 3.69. The summed E-state index contributed by atoms with van der Waals surface area (Å²) in [6.07, 6.45) is 3.76. The second kappa shape index (κ2) is 6.02. The molecule has 21 heavy (non-hydrogen) atoms. The van der Waals surface area contributed by atoms with Gasteiger partial charge in [0.2, 0.25) is 0 Å². The van der Waals surface area contributed by atoms with Gasteiger partial charge in [-0.05, 0) is 48.6 Å². The molecule has 0 amide bonds. The zero-order chi connectivity index (χ0) is 14.8. The standard InChI is InChI=1S/C18H24N2O/c1-12-7-13(2)9-16(8-12)19-11-15-10-14-5-3-4-6-17(14)20-18(15)21/h3-6,10,12-13,16,19H,7-9,11H2,1-2H3,(H,20,21). The van der Waals surface area contributed by atoms with Gasteiger partial charge in [-0.25, -0.2) is 0 Å². The highest BCUT2D eigenvalue weighted by Gasteiger charge is 2.23. The van der Waals surface area contributed by atoms with Crippen molar-refractivity contribution in [1.82, 2.24) is 10.3 Å². The molecule has 1 aliphatic rings. The number of aromatic nitrogens is 1. The molecule has 1 saturated carbocycles. The largest absolute Gasteiger partial charge is 0.322 e. The van der Waals surface area contributed by atoms with Crippen molar-refractivity contribution in [3.05, 3.63) is 46.2 Å². The Morgan fingerprint density at radius 2 is 1.86 bits per heavy atom. The number of H-pyrrole nitrogens is 1. The monoisotopic (exact) mass is 284 g/mol. The Balaban J connectivity index is 1.73. The van der Waals surface area contributed by atoms with E-state index in [0.29, 0.717) is 12.6 Å². The van der Waals surface area contributed by atoms with Gasteiger partial charge >= 0.3 is 0 Å². The third-order valence-electron chi connectivity index (χ3n) is 4.59. The zero-order valence-electron chi connectivity index (χ0n) is 12.9. The first-order valence-corrected chi connectivity index (χ1v) is 7.96. The summed E-state index contributed by atoms with van der Waals surface area (Å²) in [5, 5.41) is 4.68. The summed E-state index contributed by atoms with van der Waals surface area (Å²) in [6.45, 7) is 5.31. The quantitative estimate of drug-likeness (QED) is 0.907. The third-order valence-corrected chi connectivity index (χ3v) is 4.59. The molecule has 2 aromatic rings. The minimum Gasteiger partial charge on any atom is -0.322 e. The number of aromatic amines is 1. The van der Waals surface area contributed by atoms with Crippen molar-refractivity contribution in [3.63, 3.8) is 0 Å². The first-order valence-electron chi connectivity index (χ1n) is 7.96. The maximum Gasteiger partial charge on any atom is 0.252 e. The van der Waals surface area contributed by atoms with Crippen molar-refractivity contribution < 1.29 is 0 Å². The van der Waals surface area contributed by atoms with Crippen LogP contribution in [-0.4, -0.2) is 11.0 Å². The molecule has 1 heterocycles. The molecule has 3 rings (SSSR count). The molecule has 1 aromatic carbocycles. The van der Waals surface area contributed by atoms with Gasteiger partial charge in [-0.2, -0.15) is 0 Å². The van der Waals surface area contributed by atoms with Gasteiger partial charge in [-0.1, -0.05) is 32.0 Å². The van der Waals surface area contributed by atoms with Crippen LogP contribution in [-0.2, 0) is 6.54 Å². The van der Waals surface area contributed by atoms with E-state index >= 15 is 0 Å². The van der Waals surface area contributed by atoms with E-state index in [0.717, 1.165) is 28.3 Å². The number of hydrogen-bond acceptors (Lipinski definition) is 2. The molecule has 2 atom stereocenters. The van der Waals surface area contributed by atoms with Crippen LogP contribution in [0.5, 0.6) is 0 Å². The molecule has 2 unspecified atom stereocenters. The van der Waals surface area contributed by atoms with Crippen LogP contribution in [0.25, 0.3) is 10.9 Å². The van der Waals surface area contributed by atoms with Crippen molar-refractivity contribution in [2.45, 2.75) is 45.7 Å². The van der Waals surface area contributed by atoms with Crippen molar-refractivity contribution in [2.24, 2.45) is 11.8 Å². The molecule has 0 bridgehead atoms. The molecular weight excluding hydrogens is 260 g/mol. The highest BCUT2D eigenvalue weighted by atomic mass is 16.1. The highest BCUT2D eigenvalue weighted by molar-refractivity contribution is 5.78. The molecule has 0 radical (unpaired) electrons. The topological polar surface area (TPSA) is 44.9 Å². The molecule has 1 aromatic heterocycles. The summed E-state index contributed by atoms with van der Waals surface area (Å²) in [4.78, 5) is 15.1. The summed E-state index contributed by atoms with van der Waals surface area (Å²) in [5.41, 5.74) is 1.77. The normalized spacial score (nSPS) is 26.1. The number of hydrogen-bond donors (Lipinski definition) is 2.